The van der Waals surface area contributed by atoms with Crippen LogP contribution in [-0.4, -0.2) is 32.7 Å². The second-order valence-electron chi connectivity index (χ2n) is 6.93. The van der Waals surface area contributed by atoms with Gasteiger partial charge in [-0.05, 0) is 31.4 Å². The lowest BCUT2D eigenvalue weighted by Crippen LogP contribution is -2.33. The fourth-order valence-electron chi connectivity index (χ4n) is 3.15. The van der Waals surface area contributed by atoms with Gasteiger partial charge in [0.25, 0.3) is 0 Å². The van der Waals surface area contributed by atoms with Crippen molar-refractivity contribution in [2.24, 2.45) is 11.8 Å². The summed E-state index contributed by atoms with van der Waals surface area (Å²) in [6.07, 6.45) is 5.64. The highest BCUT2D eigenvalue weighted by molar-refractivity contribution is 5.20. The summed E-state index contributed by atoms with van der Waals surface area (Å²) in [7, 11) is 0. The van der Waals surface area contributed by atoms with Crippen molar-refractivity contribution in [3.8, 4) is 0 Å². The van der Waals surface area contributed by atoms with E-state index in [2.05, 4.69) is 19.1 Å². The van der Waals surface area contributed by atoms with Crippen LogP contribution in [0.1, 0.15) is 38.0 Å². The highest BCUT2D eigenvalue weighted by atomic mass is 19.2. The van der Waals surface area contributed by atoms with Gasteiger partial charge in [-0.15, -0.1) is 0 Å². The summed E-state index contributed by atoms with van der Waals surface area (Å²) >= 11 is 0. The number of ether oxygens (including phenoxy) is 4. The zero-order valence-corrected chi connectivity index (χ0v) is 15.3. The minimum Gasteiger partial charge on any atom is -0.352 e. The number of allylic oxidation sites excluding steroid dienone is 1. The molecule has 0 N–H and O–H groups in total. The van der Waals surface area contributed by atoms with Crippen LogP contribution < -0.4 is 0 Å². The van der Waals surface area contributed by atoms with Gasteiger partial charge in [0.05, 0.1) is 26.4 Å². The molecule has 150 valence electrons. The molecule has 0 aromatic heterocycles. The highest BCUT2D eigenvalue weighted by Crippen LogP contribution is 2.29. The third kappa shape index (κ3) is 5.54. The number of hydrogen-bond acceptors (Lipinski definition) is 4. The number of rotatable bonds is 6. The van der Waals surface area contributed by atoms with Crippen LogP contribution in [0, 0.1) is 29.3 Å². The maximum atomic E-state index is 13.3. The molecule has 2 heterocycles. The zero-order valence-electron chi connectivity index (χ0n) is 15.3. The Morgan fingerprint density at radius 2 is 1.56 bits per heavy atom. The van der Waals surface area contributed by atoms with Crippen molar-refractivity contribution >= 4 is 0 Å². The van der Waals surface area contributed by atoms with Crippen LogP contribution in [0.2, 0.25) is 0 Å². The van der Waals surface area contributed by atoms with Gasteiger partial charge in [0.2, 0.25) is 0 Å². The van der Waals surface area contributed by atoms with Crippen LogP contribution in [0.15, 0.2) is 24.3 Å². The molecule has 2 aliphatic rings. The summed E-state index contributed by atoms with van der Waals surface area (Å²) in [4.78, 5) is 0. The summed E-state index contributed by atoms with van der Waals surface area (Å²) in [6.45, 7) is 4.18. The third-order valence-corrected chi connectivity index (χ3v) is 4.69. The SMILES string of the molecule is CC/C=C/C1COC(CCC2COC(c3cc(F)c(F)c(F)c3)OC2)OC1. The molecule has 0 spiro atoms. The van der Waals surface area contributed by atoms with Gasteiger partial charge in [-0.1, -0.05) is 19.1 Å². The van der Waals surface area contributed by atoms with Crippen LogP contribution in [-0.2, 0) is 18.9 Å². The van der Waals surface area contributed by atoms with E-state index in [0.717, 1.165) is 31.4 Å². The molecule has 0 radical (unpaired) electrons. The zero-order chi connectivity index (χ0) is 19.2. The molecule has 2 fully saturated rings. The van der Waals surface area contributed by atoms with E-state index in [4.69, 9.17) is 18.9 Å². The molecule has 0 amide bonds. The van der Waals surface area contributed by atoms with E-state index in [1.165, 1.54) is 0 Å². The Balaban J connectivity index is 1.40. The fraction of sp³-hybridized carbons (Fsp3) is 0.600. The smallest absolute Gasteiger partial charge is 0.194 e. The number of benzene rings is 1. The van der Waals surface area contributed by atoms with Crippen molar-refractivity contribution < 1.29 is 32.1 Å². The van der Waals surface area contributed by atoms with E-state index < -0.39 is 23.7 Å². The first-order valence-electron chi connectivity index (χ1n) is 9.34. The summed E-state index contributed by atoms with van der Waals surface area (Å²) in [5.74, 6) is -3.55. The molecular formula is C20H25F3O4. The Kier molecular flexibility index (Phi) is 7.29. The Morgan fingerprint density at radius 1 is 0.926 bits per heavy atom. The summed E-state index contributed by atoms with van der Waals surface area (Å²) < 4.78 is 62.3. The second-order valence-corrected chi connectivity index (χ2v) is 6.93. The minimum absolute atomic E-state index is 0.134. The van der Waals surface area contributed by atoms with E-state index in [9.17, 15) is 13.2 Å². The predicted octanol–water partition coefficient (Wildman–Crippen LogP) is 4.50. The van der Waals surface area contributed by atoms with Gasteiger partial charge >= 0.3 is 0 Å². The molecule has 7 heteroatoms. The maximum absolute atomic E-state index is 13.3. The Morgan fingerprint density at radius 3 is 2.15 bits per heavy atom. The van der Waals surface area contributed by atoms with Gasteiger partial charge in [0.15, 0.2) is 30.0 Å². The van der Waals surface area contributed by atoms with Crippen LogP contribution in [0.3, 0.4) is 0 Å². The molecule has 0 atom stereocenters. The molecule has 2 aliphatic heterocycles. The van der Waals surface area contributed by atoms with E-state index in [-0.39, 0.29) is 17.8 Å². The lowest BCUT2D eigenvalue weighted by atomic mass is 10.0. The fourth-order valence-corrected chi connectivity index (χ4v) is 3.15. The van der Waals surface area contributed by atoms with Crippen molar-refractivity contribution in [3.05, 3.63) is 47.3 Å². The maximum Gasteiger partial charge on any atom is 0.194 e. The summed E-state index contributed by atoms with van der Waals surface area (Å²) in [5.41, 5.74) is 0.134. The monoisotopic (exact) mass is 386 g/mol. The molecule has 1 aromatic rings. The molecule has 27 heavy (non-hydrogen) atoms. The van der Waals surface area contributed by atoms with Gasteiger partial charge in [-0.25, -0.2) is 13.2 Å². The number of halogens is 3. The first-order chi connectivity index (χ1) is 13.1. The van der Waals surface area contributed by atoms with Gasteiger partial charge in [-0.2, -0.15) is 0 Å². The summed E-state index contributed by atoms with van der Waals surface area (Å²) in [6, 6.07) is 1.80. The highest BCUT2D eigenvalue weighted by Gasteiger charge is 2.27. The first kappa shape index (κ1) is 20.3. The Bertz CT molecular complexity index is 613. The first-order valence-corrected chi connectivity index (χ1v) is 9.34. The van der Waals surface area contributed by atoms with E-state index >= 15 is 0 Å². The molecule has 2 saturated heterocycles. The Hall–Kier alpha value is -1.41. The molecule has 0 bridgehead atoms. The predicted molar refractivity (Wildman–Crippen MR) is 92.3 cm³/mol. The van der Waals surface area contributed by atoms with Crippen LogP contribution in [0.5, 0.6) is 0 Å². The molecular weight excluding hydrogens is 361 g/mol. The molecule has 0 aliphatic carbocycles. The van der Waals surface area contributed by atoms with Crippen LogP contribution in [0.4, 0.5) is 13.2 Å². The largest absolute Gasteiger partial charge is 0.352 e. The van der Waals surface area contributed by atoms with Gasteiger partial charge in [0.1, 0.15) is 0 Å². The molecule has 3 rings (SSSR count). The second kappa shape index (κ2) is 9.68. The quantitative estimate of drug-likeness (QED) is 0.533. The topological polar surface area (TPSA) is 36.9 Å². The molecule has 0 saturated carbocycles. The van der Waals surface area contributed by atoms with Gasteiger partial charge in [0, 0.05) is 17.4 Å². The Labute approximate surface area is 157 Å². The van der Waals surface area contributed by atoms with Crippen LogP contribution in [0.25, 0.3) is 0 Å². The standard InChI is InChI=1S/C20H25F3O4/c1-2-3-4-13-9-24-18(25-10-13)6-5-14-11-26-20(27-12-14)15-7-16(21)19(23)17(22)8-15/h3-4,7-8,13-14,18,20H,2,5-6,9-12H2,1H3/b4-3+. The van der Waals surface area contributed by atoms with E-state index in [0.29, 0.717) is 32.3 Å². The third-order valence-electron chi connectivity index (χ3n) is 4.69. The van der Waals surface area contributed by atoms with Crippen molar-refractivity contribution in [1.82, 2.24) is 0 Å². The van der Waals surface area contributed by atoms with Crippen molar-refractivity contribution in [2.45, 2.75) is 38.8 Å². The lowest BCUT2D eigenvalue weighted by molar-refractivity contribution is -0.217. The van der Waals surface area contributed by atoms with Crippen LogP contribution >= 0.6 is 0 Å². The van der Waals surface area contributed by atoms with Crippen molar-refractivity contribution in [2.75, 3.05) is 26.4 Å². The normalized spacial score (nSPS) is 29.3. The van der Waals surface area contributed by atoms with Crippen molar-refractivity contribution in [3.63, 3.8) is 0 Å². The lowest BCUT2D eigenvalue weighted by Gasteiger charge is -2.32. The van der Waals surface area contributed by atoms with Gasteiger partial charge in [-0.3, -0.25) is 0 Å². The van der Waals surface area contributed by atoms with Gasteiger partial charge < -0.3 is 18.9 Å². The van der Waals surface area contributed by atoms with Crippen molar-refractivity contribution in [1.29, 1.82) is 0 Å². The van der Waals surface area contributed by atoms with E-state index in [1.807, 2.05) is 0 Å². The molecule has 0 unspecified atom stereocenters. The van der Waals surface area contributed by atoms with E-state index in [1.54, 1.807) is 0 Å². The summed E-state index contributed by atoms with van der Waals surface area (Å²) in [5, 5.41) is 0. The molecule has 1 aromatic carbocycles. The minimum atomic E-state index is -1.49. The average Bonchev–Trinajstić information content (AvgIpc) is 2.69. The molecule has 4 nitrogen and oxygen atoms in total. The number of hydrogen-bond donors (Lipinski definition) is 0. The average molecular weight is 386 g/mol.